The number of quaternary nitrogens is 1. The van der Waals surface area contributed by atoms with Crippen LogP contribution in [0.4, 0.5) is 0 Å². The molecule has 135 valence electrons. The number of alkyl halides is 1. The number of benzene rings is 1. The maximum absolute atomic E-state index is 12.5. The summed E-state index contributed by atoms with van der Waals surface area (Å²) in [5.41, 5.74) is 5.67. The lowest BCUT2D eigenvalue weighted by Crippen LogP contribution is -3.00. The quantitative estimate of drug-likeness (QED) is 0.259. The molecule has 9 heteroatoms. The first-order chi connectivity index (χ1) is 11.6. The number of fused-ring (bicyclic) bond motifs is 1. The fraction of sp³-hybridized carbons (Fsp3) is 0.375. The third kappa shape index (κ3) is 3.74. The highest BCUT2D eigenvalue weighted by Crippen LogP contribution is 2.39. The van der Waals surface area contributed by atoms with Crippen LogP contribution >= 0.6 is 23.4 Å². The van der Waals surface area contributed by atoms with E-state index in [0.717, 1.165) is 16.9 Å². The molecule has 2 aliphatic heterocycles. The molecule has 3 rings (SSSR count). The van der Waals surface area contributed by atoms with Gasteiger partial charge in [0.25, 0.3) is 5.91 Å². The zero-order chi connectivity index (χ0) is 17.3. The fourth-order valence-corrected chi connectivity index (χ4v) is 4.31. The van der Waals surface area contributed by atoms with Crippen molar-refractivity contribution < 1.29 is 37.2 Å². The zero-order valence-corrected chi connectivity index (χ0v) is 15.9. The van der Waals surface area contributed by atoms with Gasteiger partial charge in [-0.15, -0.1) is 23.4 Å². The Labute approximate surface area is 161 Å². The highest BCUT2D eigenvalue weighted by Gasteiger charge is 2.57. The van der Waals surface area contributed by atoms with Crippen LogP contribution in [0, 0.1) is 0 Å². The molecule has 0 aliphatic carbocycles. The summed E-state index contributed by atoms with van der Waals surface area (Å²) in [7, 11) is 1.59. The van der Waals surface area contributed by atoms with Gasteiger partial charge in [-0.3, -0.25) is 9.69 Å². The number of amides is 1. The van der Waals surface area contributed by atoms with Crippen LogP contribution in [0.2, 0.25) is 0 Å². The normalized spacial score (nSPS) is 21.9. The number of carbonyl (C=O) groups is 2. The van der Waals surface area contributed by atoms with Gasteiger partial charge < -0.3 is 27.6 Å². The molecule has 0 aromatic heterocycles. The minimum absolute atomic E-state index is 0. The molecule has 3 N–H and O–H groups in total. The van der Waals surface area contributed by atoms with Crippen molar-refractivity contribution in [3.05, 3.63) is 41.1 Å². The molecule has 1 aromatic carbocycles. The molecule has 2 aliphatic rings. The van der Waals surface area contributed by atoms with Crippen molar-refractivity contribution in [1.29, 1.82) is 0 Å². The van der Waals surface area contributed by atoms with Crippen LogP contribution in [0.25, 0.3) is 0 Å². The van der Waals surface area contributed by atoms with Gasteiger partial charge in [-0.1, -0.05) is 0 Å². The number of rotatable bonds is 5. The second-order valence-electron chi connectivity index (χ2n) is 5.53. The fourth-order valence-electron chi connectivity index (χ4n) is 2.66. The smallest absolute Gasteiger partial charge is 0.624 e. The molecule has 1 amide bonds. The van der Waals surface area contributed by atoms with Crippen LogP contribution in [0.15, 0.2) is 35.5 Å². The van der Waals surface area contributed by atoms with Crippen molar-refractivity contribution in [3.8, 4) is 5.75 Å². The molecule has 2 heterocycles. The number of nitrogens with zero attached hydrogens (tertiary/aromatic N) is 1. The number of hydrogen-bond donors (Lipinski definition) is 1. The Bertz CT molecular complexity index is 696. The van der Waals surface area contributed by atoms with E-state index in [0.29, 0.717) is 5.75 Å². The summed E-state index contributed by atoms with van der Waals surface area (Å²) in [6, 6.07) is 6.92. The van der Waals surface area contributed by atoms with Gasteiger partial charge in [0.05, 0.1) is 11.9 Å². The van der Waals surface area contributed by atoms with E-state index >= 15 is 0 Å². The summed E-state index contributed by atoms with van der Waals surface area (Å²) >= 11 is 7.52. The molecule has 2 atom stereocenters. The van der Waals surface area contributed by atoms with E-state index in [-0.39, 0.29) is 47.9 Å². The second-order valence-corrected chi connectivity index (χ2v) is 6.90. The number of carbonyl (C=O) groups excluding carboxylic acids is 2. The molecule has 1 aromatic rings. The zero-order valence-electron chi connectivity index (χ0n) is 13.5. The van der Waals surface area contributed by atoms with E-state index < -0.39 is 5.97 Å². The van der Waals surface area contributed by atoms with Gasteiger partial charge in [-0.25, -0.2) is 0 Å². The van der Waals surface area contributed by atoms with Crippen LogP contribution in [0.3, 0.4) is 0 Å². The van der Waals surface area contributed by atoms with Gasteiger partial charge in [-0.2, -0.15) is 0 Å². The minimum Gasteiger partial charge on any atom is -1.00 e. The molecule has 1 saturated heterocycles. The maximum Gasteiger partial charge on any atom is 0.624 e. The van der Waals surface area contributed by atoms with Gasteiger partial charge in [0.1, 0.15) is 11.1 Å². The van der Waals surface area contributed by atoms with Crippen molar-refractivity contribution in [2.75, 3.05) is 18.7 Å². The first-order valence-corrected chi connectivity index (χ1v) is 9.01. The molecule has 0 unspecified atom stereocenters. The largest absolute Gasteiger partial charge is 1.00 e. The predicted octanol–water partition coefficient (Wildman–Crippen LogP) is -2.24. The summed E-state index contributed by atoms with van der Waals surface area (Å²) in [6.45, 7) is 0.121. The molecule has 0 saturated carbocycles. The lowest BCUT2D eigenvalue weighted by molar-refractivity contribution is -0.423. The Hall–Kier alpha value is -1.41. The topological polar surface area (TPSA) is 86.3 Å². The van der Waals surface area contributed by atoms with Crippen LogP contribution < -0.4 is 22.9 Å². The van der Waals surface area contributed by atoms with Crippen molar-refractivity contribution >= 4 is 35.2 Å². The van der Waals surface area contributed by atoms with Crippen LogP contribution in [-0.2, 0) is 20.9 Å². The van der Waals surface area contributed by atoms with Crippen molar-refractivity contribution in [2.45, 2.75) is 18.0 Å². The van der Waals surface area contributed by atoms with Gasteiger partial charge in [0, 0.05) is 17.2 Å². The molecular formula is C16H18Cl2N2O4S+. The highest BCUT2D eigenvalue weighted by atomic mass is 35.5. The Balaban J connectivity index is 0.00000225. The van der Waals surface area contributed by atoms with E-state index in [9.17, 15) is 9.59 Å². The third-order valence-corrected chi connectivity index (χ3v) is 5.76. The predicted molar refractivity (Wildman–Crippen MR) is 90.3 cm³/mol. The van der Waals surface area contributed by atoms with Crippen molar-refractivity contribution in [3.63, 3.8) is 0 Å². The third-order valence-electron chi connectivity index (χ3n) is 4.04. The molecule has 1 fully saturated rings. The van der Waals surface area contributed by atoms with Gasteiger partial charge in [0.15, 0.2) is 6.04 Å². The number of thioether (sulfide) groups is 1. The van der Waals surface area contributed by atoms with Crippen molar-refractivity contribution in [2.24, 2.45) is 0 Å². The van der Waals surface area contributed by atoms with Gasteiger partial charge in [0.2, 0.25) is 12.3 Å². The molecular weight excluding hydrogens is 387 g/mol. The van der Waals surface area contributed by atoms with E-state index in [1.165, 1.54) is 4.90 Å². The highest BCUT2D eigenvalue weighted by molar-refractivity contribution is 8.00. The Kier molecular flexibility index (Phi) is 6.62. The summed E-state index contributed by atoms with van der Waals surface area (Å²) in [6.07, 6.45) is 0. The van der Waals surface area contributed by atoms with Gasteiger partial charge >= 0.3 is 5.97 Å². The summed E-state index contributed by atoms with van der Waals surface area (Å²) in [4.78, 5) is 26.1. The molecule has 0 bridgehead atoms. The number of ether oxygens (including phenoxy) is 2. The number of halogens is 2. The average molecular weight is 405 g/mol. The maximum atomic E-state index is 12.5. The Morgan fingerprint density at radius 2 is 2.12 bits per heavy atom. The first-order valence-electron chi connectivity index (χ1n) is 7.42. The van der Waals surface area contributed by atoms with Crippen LogP contribution in [0.5, 0.6) is 5.75 Å². The molecule has 25 heavy (non-hydrogen) atoms. The number of methoxy groups -OCH3 is 1. The van der Waals surface area contributed by atoms with Gasteiger partial charge in [-0.05, 0) is 29.8 Å². The van der Waals surface area contributed by atoms with Crippen LogP contribution in [-0.4, -0.2) is 46.9 Å². The standard InChI is InChI=1S/C16H17ClN2O4S.ClH/c1-22-11-4-2-9(3-5-11)7-23-16(21)13-10(6-17)8-24-15-12(18)14(20)19(13)15;/h2-5,12,15H,6-8,18H2,1H3;1H/q+1;/t12-,15-;/m1./s1. The summed E-state index contributed by atoms with van der Waals surface area (Å²) < 4.78 is 10.5. The Morgan fingerprint density at radius 1 is 1.44 bits per heavy atom. The number of esters is 1. The summed E-state index contributed by atoms with van der Waals surface area (Å²) in [5.74, 6) is 0.852. The summed E-state index contributed by atoms with van der Waals surface area (Å²) in [5, 5.41) is -0.104. The average Bonchev–Trinajstić information content (AvgIpc) is 2.64. The van der Waals surface area contributed by atoms with Crippen molar-refractivity contribution in [1.82, 2.24) is 4.90 Å². The van der Waals surface area contributed by atoms with E-state index in [4.69, 9.17) is 21.1 Å². The second kappa shape index (κ2) is 8.31. The number of hydrogen-bond acceptors (Lipinski definition) is 5. The molecule has 1 radical (unpaired) electrons. The number of β-lactam (4-membered cyclic amide) rings is 1. The first kappa shape index (κ1) is 19.9. The lowest BCUT2D eigenvalue weighted by atomic mass is 10.0. The van der Waals surface area contributed by atoms with E-state index in [1.807, 2.05) is 12.1 Å². The molecule has 6 nitrogen and oxygen atoms in total. The van der Waals surface area contributed by atoms with E-state index in [1.54, 1.807) is 31.0 Å². The minimum atomic E-state index is -0.521. The molecule has 0 spiro atoms. The monoisotopic (exact) mass is 404 g/mol. The SMILES string of the molecule is COc1ccc(COC(=[O+])C2=C(CCl)CS[C@@H]3[C@H]([NH3+])C(=O)N23)cc1.[Cl-]. The van der Waals surface area contributed by atoms with E-state index in [2.05, 4.69) is 5.73 Å². The lowest BCUT2D eigenvalue weighted by Gasteiger charge is -2.44. The Morgan fingerprint density at radius 3 is 2.72 bits per heavy atom. The van der Waals surface area contributed by atoms with Crippen LogP contribution in [0.1, 0.15) is 5.56 Å².